The zero-order valence-electron chi connectivity index (χ0n) is 11.5. The molecule has 0 N–H and O–H groups in total. The van der Waals surface area contributed by atoms with Gasteiger partial charge < -0.3 is 4.74 Å². The average molecular weight is 284 g/mol. The van der Waals surface area contributed by atoms with Gasteiger partial charge in [-0.15, -0.1) is 0 Å². The summed E-state index contributed by atoms with van der Waals surface area (Å²) >= 11 is 0. The van der Waals surface area contributed by atoms with Crippen LogP contribution < -0.4 is 0 Å². The summed E-state index contributed by atoms with van der Waals surface area (Å²) in [7, 11) is -3.19. The van der Waals surface area contributed by atoms with Gasteiger partial charge in [0.25, 0.3) is 0 Å². The van der Waals surface area contributed by atoms with Gasteiger partial charge in [-0.25, -0.2) is 8.42 Å². The zero-order chi connectivity index (χ0) is 14.5. The summed E-state index contributed by atoms with van der Waals surface area (Å²) in [6.07, 6.45) is 0.605. The summed E-state index contributed by atoms with van der Waals surface area (Å²) in [4.78, 5) is 11.8. The number of ether oxygens (including phenoxy) is 1. The highest BCUT2D eigenvalue weighted by Crippen LogP contribution is 2.14. The van der Waals surface area contributed by atoms with Crippen LogP contribution in [0.4, 0.5) is 0 Å². The topological polar surface area (TPSA) is 60.4 Å². The normalized spacial score (nSPS) is 11.6. The first-order valence-electron chi connectivity index (χ1n) is 6.36. The highest BCUT2D eigenvalue weighted by atomic mass is 32.2. The van der Waals surface area contributed by atoms with Crippen LogP contribution in [-0.2, 0) is 25.8 Å². The van der Waals surface area contributed by atoms with Gasteiger partial charge in [-0.05, 0) is 38.0 Å². The summed E-state index contributed by atoms with van der Waals surface area (Å²) in [6, 6.07) is 6.40. The fourth-order valence-corrected chi connectivity index (χ4v) is 3.00. The van der Waals surface area contributed by atoms with Crippen molar-refractivity contribution < 1.29 is 17.9 Å². The molecule has 0 amide bonds. The number of hydrogen-bond donors (Lipinski definition) is 0. The molecule has 1 aromatic rings. The molecule has 4 nitrogen and oxygen atoms in total. The van der Waals surface area contributed by atoms with E-state index in [1.807, 2.05) is 6.92 Å². The maximum atomic E-state index is 11.8. The van der Waals surface area contributed by atoms with E-state index < -0.39 is 9.84 Å². The minimum atomic E-state index is -3.19. The molecule has 1 rings (SSSR count). The fraction of sp³-hybridized carbons (Fsp3) is 0.500. The maximum absolute atomic E-state index is 11.8. The molecule has 0 spiro atoms. The van der Waals surface area contributed by atoms with Gasteiger partial charge in [0.05, 0.1) is 23.2 Å². The number of rotatable bonds is 6. The Labute approximate surface area is 114 Å². The molecule has 0 aliphatic carbocycles. The number of carbonyl (C=O) groups excluding carboxylic acids is 1. The third-order valence-electron chi connectivity index (χ3n) is 2.47. The van der Waals surface area contributed by atoms with E-state index >= 15 is 0 Å². The van der Waals surface area contributed by atoms with Gasteiger partial charge in [-0.3, -0.25) is 4.79 Å². The molecular formula is C14H20O4S. The molecular weight excluding hydrogens is 264 g/mol. The Hall–Kier alpha value is -1.36. The Morgan fingerprint density at radius 3 is 2.26 bits per heavy atom. The van der Waals surface area contributed by atoms with Crippen molar-refractivity contribution in [2.75, 3.05) is 5.75 Å². The van der Waals surface area contributed by atoms with Crippen molar-refractivity contribution in [2.24, 2.45) is 0 Å². The first-order valence-corrected chi connectivity index (χ1v) is 8.01. The van der Waals surface area contributed by atoms with Crippen molar-refractivity contribution in [1.29, 1.82) is 0 Å². The molecule has 0 saturated carbocycles. The zero-order valence-corrected chi connectivity index (χ0v) is 12.4. The highest BCUT2D eigenvalue weighted by Gasteiger charge is 2.13. The second-order valence-electron chi connectivity index (χ2n) is 4.68. The van der Waals surface area contributed by atoms with E-state index in [-0.39, 0.29) is 24.2 Å². The lowest BCUT2D eigenvalue weighted by atomic mass is 10.1. The van der Waals surface area contributed by atoms with E-state index in [1.54, 1.807) is 38.1 Å². The molecule has 19 heavy (non-hydrogen) atoms. The van der Waals surface area contributed by atoms with Crippen molar-refractivity contribution in [3.63, 3.8) is 0 Å². The Bertz CT molecular complexity index is 515. The highest BCUT2D eigenvalue weighted by molar-refractivity contribution is 7.91. The maximum Gasteiger partial charge on any atom is 0.310 e. The van der Waals surface area contributed by atoms with Crippen molar-refractivity contribution in [1.82, 2.24) is 0 Å². The largest absolute Gasteiger partial charge is 0.463 e. The van der Waals surface area contributed by atoms with Gasteiger partial charge in [-0.2, -0.15) is 0 Å². The first-order chi connectivity index (χ1) is 8.85. The van der Waals surface area contributed by atoms with E-state index in [4.69, 9.17) is 4.74 Å². The molecule has 0 atom stereocenters. The van der Waals surface area contributed by atoms with Gasteiger partial charge in [0.1, 0.15) is 0 Å². The minimum Gasteiger partial charge on any atom is -0.463 e. The van der Waals surface area contributed by atoms with Crippen LogP contribution in [0.2, 0.25) is 0 Å². The van der Waals surface area contributed by atoms with Crippen LogP contribution in [0.1, 0.15) is 32.8 Å². The fourth-order valence-electron chi connectivity index (χ4n) is 1.67. The quantitative estimate of drug-likeness (QED) is 0.752. The Kier molecular flexibility index (Phi) is 5.54. The molecule has 106 valence electrons. The number of sulfone groups is 1. The van der Waals surface area contributed by atoms with E-state index in [0.29, 0.717) is 11.3 Å². The smallest absolute Gasteiger partial charge is 0.310 e. The van der Waals surface area contributed by atoms with Crippen LogP contribution >= 0.6 is 0 Å². The lowest BCUT2D eigenvalue weighted by molar-refractivity contribution is -0.146. The summed E-state index contributed by atoms with van der Waals surface area (Å²) in [5.74, 6) is -0.166. The van der Waals surface area contributed by atoms with Gasteiger partial charge in [0, 0.05) is 0 Å². The standard InChI is InChI=1S/C14H20O4S/c1-4-9-19(16,17)13-7-5-12(6-8-13)10-14(15)18-11(2)3/h5-8,11H,4,9-10H2,1-3H3. The summed E-state index contributed by atoms with van der Waals surface area (Å²) in [5, 5.41) is 0. The molecule has 5 heteroatoms. The molecule has 0 unspecified atom stereocenters. The van der Waals surface area contributed by atoms with Gasteiger partial charge in [-0.1, -0.05) is 19.1 Å². The Balaban J connectivity index is 2.75. The second kappa shape index (κ2) is 6.70. The molecule has 0 aromatic heterocycles. The second-order valence-corrected chi connectivity index (χ2v) is 6.79. The first kappa shape index (κ1) is 15.7. The van der Waals surface area contributed by atoms with Crippen LogP contribution in [0.5, 0.6) is 0 Å². The SMILES string of the molecule is CCCS(=O)(=O)c1ccc(CC(=O)OC(C)C)cc1. The van der Waals surface area contributed by atoms with Gasteiger partial charge >= 0.3 is 5.97 Å². The molecule has 0 aliphatic rings. The van der Waals surface area contributed by atoms with Crippen molar-refractivity contribution in [3.05, 3.63) is 29.8 Å². The molecule has 1 aromatic carbocycles. The molecule has 0 heterocycles. The van der Waals surface area contributed by atoms with Gasteiger partial charge in [0.2, 0.25) is 0 Å². The minimum absolute atomic E-state index is 0.141. The van der Waals surface area contributed by atoms with Crippen molar-refractivity contribution in [3.8, 4) is 0 Å². The third kappa shape index (κ3) is 5.03. The van der Waals surface area contributed by atoms with Crippen LogP contribution in [-0.4, -0.2) is 26.2 Å². The Morgan fingerprint density at radius 2 is 1.79 bits per heavy atom. The number of hydrogen-bond acceptors (Lipinski definition) is 4. The van der Waals surface area contributed by atoms with Crippen LogP contribution in [0.3, 0.4) is 0 Å². The number of carbonyl (C=O) groups is 1. The van der Waals surface area contributed by atoms with Crippen molar-refractivity contribution >= 4 is 15.8 Å². The third-order valence-corrected chi connectivity index (χ3v) is 4.41. The predicted molar refractivity (Wildman–Crippen MR) is 73.7 cm³/mol. The monoisotopic (exact) mass is 284 g/mol. The van der Waals surface area contributed by atoms with E-state index in [2.05, 4.69) is 0 Å². The Morgan fingerprint density at radius 1 is 1.21 bits per heavy atom. The van der Waals surface area contributed by atoms with Crippen LogP contribution in [0, 0.1) is 0 Å². The molecule has 0 aliphatic heterocycles. The van der Waals surface area contributed by atoms with E-state index in [0.717, 1.165) is 5.56 Å². The number of esters is 1. The van der Waals surface area contributed by atoms with Gasteiger partial charge in [0.15, 0.2) is 9.84 Å². The molecule has 0 radical (unpaired) electrons. The molecule has 0 bridgehead atoms. The van der Waals surface area contributed by atoms with E-state index in [1.165, 1.54) is 0 Å². The summed E-state index contributed by atoms with van der Waals surface area (Å²) in [5.41, 5.74) is 0.751. The predicted octanol–water partition coefficient (Wildman–Crippen LogP) is 2.36. The lowest BCUT2D eigenvalue weighted by Gasteiger charge is -2.08. The lowest BCUT2D eigenvalue weighted by Crippen LogP contribution is -2.13. The summed E-state index contributed by atoms with van der Waals surface area (Å²) in [6.45, 7) is 5.41. The summed E-state index contributed by atoms with van der Waals surface area (Å²) < 4.78 is 28.7. The van der Waals surface area contributed by atoms with E-state index in [9.17, 15) is 13.2 Å². The van der Waals surface area contributed by atoms with Crippen LogP contribution in [0.25, 0.3) is 0 Å². The average Bonchev–Trinajstić information content (AvgIpc) is 2.28. The molecule has 0 fully saturated rings. The number of benzene rings is 1. The van der Waals surface area contributed by atoms with Crippen LogP contribution in [0.15, 0.2) is 29.2 Å². The molecule has 0 saturated heterocycles. The van der Waals surface area contributed by atoms with Crippen molar-refractivity contribution in [2.45, 2.75) is 44.6 Å².